The summed E-state index contributed by atoms with van der Waals surface area (Å²) in [5, 5.41) is 17.3. The molecule has 2 aromatic carbocycles. The zero-order valence-corrected chi connectivity index (χ0v) is 14.5. The molecule has 6 heteroatoms. The molecule has 2 N–H and O–H groups in total. The molecule has 0 atom stereocenters. The highest BCUT2D eigenvalue weighted by Gasteiger charge is 2.25. The van der Waals surface area contributed by atoms with Gasteiger partial charge in [0.25, 0.3) is 0 Å². The van der Waals surface area contributed by atoms with Gasteiger partial charge in [-0.25, -0.2) is 9.48 Å². The summed E-state index contributed by atoms with van der Waals surface area (Å²) in [6.07, 6.45) is 3.00. The highest BCUT2D eigenvalue weighted by molar-refractivity contribution is 7.98. The Kier molecular flexibility index (Phi) is 3.97. The van der Waals surface area contributed by atoms with Gasteiger partial charge in [-0.15, -0.1) is 11.8 Å². The van der Waals surface area contributed by atoms with Crippen molar-refractivity contribution in [1.29, 1.82) is 0 Å². The maximum absolute atomic E-state index is 11.1. The van der Waals surface area contributed by atoms with Crippen LogP contribution in [0.25, 0.3) is 16.9 Å². The zero-order valence-electron chi connectivity index (χ0n) is 13.7. The van der Waals surface area contributed by atoms with E-state index in [1.165, 1.54) is 10.5 Å². The number of hydrogen-bond donors (Lipinski definition) is 2. The Labute approximate surface area is 149 Å². The standard InChI is InChI=1S/C19H17N3O2S/c1-25-16-5-3-2-4-14(16)17-15-10-11-20-18(15)22(21-17)13-8-6-12(7-9-13)19(23)24/h2-9,20H,10-11H2,1H3,(H,23,24). The number of aromatic carboxylic acids is 1. The number of carboxylic acids is 1. The van der Waals surface area contributed by atoms with E-state index in [1.807, 2.05) is 16.8 Å². The summed E-state index contributed by atoms with van der Waals surface area (Å²) in [5.41, 5.74) is 4.46. The fourth-order valence-corrected chi connectivity index (χ4v) is 3.76. The monoisotopic (exact) mass is 351 g/mol. The molecule has 0 unspecified atom stereocenters. The molecule has 0 amide bonds. The lowest BCUT2D eigenvalue weighted by molar-refractivity contribution is 0.0697. The second-order valence-electron chi connectivity index (χ2n) is 5.82. The molecule has 1 aromatic heterocycles. The highest BCUT2D eigenvalue weighted by Crippen LogP contribution is 2.38. The quantitative estimate of drug-likeness (QED) is 0.697. The number of hydrogen-bond acceptors (Lipinski definition) is 4. The SMILES string of the molecule is CSc1ccccc1-c1nn(-c2ccc(C(=O)O)cc2)c2c1CCN2. The van der Waals surface area contributed by atoms with Gasteiger partial charge in [-0.1, -0.05) is 18.2 Å². The molecular weight excluding hydrogens is 334 g/mol. The third kappa shape index (κ3) is 2.68. The zero-order chi connectivity index (χ0) is 17.4. The van der Waals surface area contributed by atoms with E-state index in [0.717, 1.165) is 35.7 Å². The first kappa shape index (κ1) is 15.8. The van der Waals surface area contributed by atoms with Gasteiger partial charge in [0.15, 0.2) is 0 Å². The minimum atomic E-state index is -0.926. The number of carbonyl (C=O) groups is 1. The van der Waals surface area contributed by atoms with Crippen LogP contribution in [-0.4, -0.2) is 33.7 Å². The smallest absolute Gasteiger partial charge is 0.335 e. The minimum absolute atomic E-state index is 0.272. The van der Waals surface area contributed by atoms with Crippen LogP contribution in [0.15, 0.2) is 53.4 Å². The van der Waals surface area contributed by atoms with Crippen molar-refractivity contribution in [3.05, 3.63) is 59.7 Å². The maximum Gasteiger partial charge on any atom is 0.335 e. The molecular formula is C19H17N3O2S. The van der Waals surface area contributed by atoms with E-state index in [9.17, 15) is 4.79 Å². The van der Waals surface area contributed by atoms with E-state index in [4.69, 9.17) is 10.2 Å². The molecule has 0 fully saturated rings. The topological polar surface area (TPSA) is 67.2 Å². The number of thioether (sulfide) groups is 1. The van der Waals surface area contributed by atoms with Crippen LogP contribution in [0.1, 0.15) is 15.9 Å². The Balaban J connectivity index is 1.84. The first-order valence-electron chi connectivity index (χ1n) is 8.02. The van der Waals surface area contributed by atoms with Crippen molar-refractivity contribution in [2.45, 2.75) is 11.3 Å². The molecule has 0 bridgehead atoms. The van der Waals surface area contributed by atoms with Crippen molar-refractivity contribution >= 4 is 23.5 Å². The molecule has 0 saturated heterocycles. The predicted molar refractivity (Wildman–Crippen MR) is 99.9 cm³/mol. The largest absolute Gasteiger partial charge is 0.478 e. The molecule has 1 aliphatic heterocycles. The van der Waals surface area contributed by atoms with E-state index in [0.29, 0.717) is 0 Å². The van der Waals surface area contributed by atoms with Crippen LogP contribution in [0.5, 0.6) is 0 Å². The van der Waals surface area contributed by atoms with Crippen molar-refractivity contribution < 1.29 is 9.90 Å². The normalized spacial score (nSPS) is 12.7. The van der Waals surface area contributed by atoms with Gasteiger partial charge in [0.1, 0.15) is 5.82 Å². The minimum Gasteiger partial charge on any atom is -0.478 e. The summed E-state index contributed by atoms with van der Waals surface area (Å²) in [6, 6.07) is 15.1. The molecule has 3 aromatic rings. The van der Waals surface area contributed by atoms with Gasteiger partial charge in [-0.2, -0.15) is 5.10 Å². The van der Waals surface area contributed by atoms with Crippen molar-refractivity contribution in [3.63, 3.8) is 0 Å². The number of nitrogens with one attached hydrogen (secondary N) is 1. The van der Waals surface area contributed by atoms with Crippen molar-refractivity contribution in [1.82, 2.24) is 9.78 Å². The molecule has 0 spiro atoms. The molecule has 126 valence electrons. The fourth-order valence-electron chi connectivity index (χ4n) is 3.16. The van der Waals surface area contributed by atoms with Crippen LogP contribution in [0.2, 0.25) is 0 Å². The van der Waals surface area contributed by atoms with Crippen LogP contribution < -0.4 is 5.32 Å². The van der Waals surface area contributed by atoms with Gasteiger partial charge in [-0.3, -0.25) is 0 Å². The number of benzene rings is 2. The van der Waals surface area contributed by atoms with E-state index in [2.05, 4.69) is 23.7 Å². The summed E-state index contributed by atoms with van der Waals surface area (Å²) in [6.45, 7) is 0.884. The molecule has 0 saturated carbocycles. The first-order chi connectivity index (χ1) is 12.2. The van der Waals surface area contributed by atoms with Crippen molar-refractivity contribution in [2.24, 2.45) is 0 Å². The van der Waals surface area contributed by atoms with Crippen LogP contribution in [0, 0.1) is 0 Å². The second kappa shape index (κ2) is 6.29. The van der Waals surface area contributed by atoms with Crippen LogP contribution in [-0.2, 0) is 6.42 Å². The van der Waals surface area contributed by atoms with Crippen LogP contribution in [0.4, 0.5) is 5.82 Å². The number of rotatable bonds is 4. The number of fused-ring (bicyclic) bond motifs is 1. The van der Waals surface area contributed by atoms with E-state index in [1.54, 1.807) is 36.0 Å². The Hall–Kier alpha value is -2.73. The van der Waals surface area contributed by atoms with Gasteiger partial charge < -0.3 is 10.4 Å². The fraction of sp³-hybridized carbons (Fsp3) is 0.158. The second-order valence-corrected chi connectivity index (χ2v) is 6.66. The third-order valence-corrected chi connectivity index (χ3v) is 5.17. The summed E-state index contributed by atoms with van der Waals surface area (Å²) in [5.74, 6) is 0.0685. The van der Waals surface area contributed by atoms with E-state index >= 15 is 0 Å². The highest BCUT2D eigenvalue weighted by atomic mass is 32.2. The average molecular weight is 351 g/mol. The maximum atomic E-state index is 11.1. The van der Waals surface area contributed by atoms with Gasteiger partial charge in [-0.05, 0) is 43.0 Å². The van der Waals surface area contributed by atoms with Gasteiger partial charge in [0.05, 0.1) is 16.9 Å². The first-order valence-corrected chi connectivity index (χ1v) is 9.24. The molecule has 0 aliphatic carbocycles. The predicted octanol–water partition coefficient (Wildman–Crippen LogP) is 3.93. The van der Waals surface area contributed by atoms with Crippen molar-refractivity contribution in [3.8, 4) is 16.9 Å². The third-order valence-electron chi connectivity index (χ3n) is 4.37. The Morgan fingerprint density at radius 2 is 1.96 bits per heavy atom. The van der Waals surface area contributed by atoms with Gasteiger partial charge >= 0.3 is 5.97 Å². The molecule has 4 rings (SSSR count). The molecule has 0 radical (unpaired) electrons. The van der Waals surface area contributed by atoms with Crippen molar-refractivity contribution in [2.75, 3.05) is 18.1 Å². The lowest BCUT2D eigenvalue weighted by atomic mass is 10.1. The van der Waals surface area contributed by atoms with Crippen LogP contribution in [0.3, 0.4) is 0 Å². The lowest BCUT2D eigenvalue weighted by Crippen LogP contribution is -2.05. The Bertz CT molecular complexity index is 948. The molecule has 2 heterocycles. The summed E-state index contributed by atoms with van der Waals surface area (Å²) >= 11 is 1.71. The number of anilines is 1. The molecule has 5 nitrogen and oxygen atoms in total. The van der Waals surface area contributed by atoms with E-state index in [-0.39, 0.29) is 5.56 Å². The summed E-state index contributed by atoms with van der Waals surface area (Å²) in [7, 11) is 0. The molecule has 1 aliphatic rings. The summed E-state index contributed by atoms with van der Waals surface area (Å²) < 4.78 is 1.88. The number of nitrogens with zero attached hydrogens (tertiary/aromatic N) is 2. The lowest BCUT2D eigenvalue weighted by Gasteiger charge is -2.07. The Morgan fingerprint density at radius 1 is 1.20 bits per heavy atom. The van der Waals surface area contributed by atoms with Gasteiger partial charge in [0.2, 0.25) is 0 Å². The molecule has 25 heavy (non-hydrogen) atoms. The number of carboxylic acid groups (broad SMARTS) is 1. The van der Waals surface area contributed by atoms with E-state index < -0.39 is 5.97 Å². The van der Waals surface area contributed by atoms with Crippen LogP contribution >= 0.6 is 11.8 Å². The average Bonchev–Trinajstić information content (AvgIpc) is 3.24. The van der Waals surface area contributed by atoms with Gasteiger partial charge in [0, 0.05) is 22.6 Å². The number of aromatic nitrogens is 2. The Morgan fingerprint density at radius 3 is 2.68 bits per heavy atom. The summed E-state index contributed by atoms with van der Waals surface area (Å²) in [4.78, 5) is 12.3.